The van der Waals surface area contributed by atoms with Crippen LogP contribution in [0, 0.1) is 13.1 Å². The van der Waals surface area contributed by atoms with Crippen molar-refractivity contribution in [3.05, 3.63) is 69.4 Å². The highest BCUT2D eigenvalue weighted by molar-refractivity contribution is 6.41. The molecule has 1 aromatic heterocycles. The van der Waals surface area contributed by atoms with Gasteiger partial charge in [0, 0.05) is 24.2 Å². The van der Waals surface area contributed by atoms with E-state index in [1.165, 1.54) is 0 Å². The minimum absolute atomic E-state index is 0.0373. The number of hydrogen-bond acceptors (Lipinski definition) is 6. The van der Waals surface area contributed by atoms with Crippen LogP contribution in [0.2, 0.25) is 0 Å². The molecular weight excluding hydrogens is 604 g/mol. The van der Waals surface area contributed by atoms with Crippen molar-refractivity contribution in [2.45, 2.75) is 90.9 Å². The number of nitrogens with zero attached hydrogens (tertiary/aromatic N) is 6. The summed E-state index contributed by atoms with van der Waals surface area (Å²) in [6.07, 6.45) is 11.3. The molecule has 0 bridgehead atoms. The molecule has 0 unspecified atom stereocenters. The van der Waals surface area contributed by atoms with Gasteiger partial charge in [-0.3, -0.25) is 29.0 Å². The zero-order chi connectivity index (χ0) is 33.9. The average molecular weight is 643 g/mol. The van der Waals surface area contributed by atoms with E-state index in [9.17, 15) is 19.2 Å². The Morgan fingerprint density at radius 3 is 1.27 bits per heavy atom. The first-order valence-electron chi connectivity index (χ1n) is 17.1. The van der Waals surface area contributed by atoms with Gasteiger partial charge in [-0.15, -0.1) is 0 Å². The van der Waals surface area contributed by atoms with E-state index < -0.39 is 23.6 Å². The van der Waals surface area contributed by atoms with E-state index in [-0.39, 0.29) is 68.5 Å². The Hall–Kier alpha value is -5.22. The molecule has 4 aromatic rings. The molecule has 4 amide bonds. The predicted molar refractivity (Wildman–Crippen MR) is 185 cm³/mol. The molecule has 2 aliphatic heterocycles. The Labute approximate surface area is 279 Å². The van der Waals surface area contributed by atoms with Gasteiger partial charge in [0.05, 0.1) is 35.3 Å². The van der Waals surface area contributed by atoms with Crippen LogP contribution in [-0.2, 0) is 0 Å². The Bertz CT molecular complexity index is 1940. The lowest BCUT2D eigenvalue weighted by atomic mass is 9.82. The first-order valence-corrected chi connectivity index (χ1v) is 17.1. The van der Waals surface area contributed by atoms with Crippen molar-refractivity contribution in [1.29, 1.82) is 0 Å². The second-order valence-electron chi connectivity index (χ2n) is 12.6. The van der Waals surface area contributed by atoms with Crippen LogP contribution < -0.4 is 0 Å². The van der Waals surface area contributed by atoms with Gasteiger partial charge in [-0.05, 0) is 35.7 Å². The average Bonchev–Trinajstić information content (AvgIpc) is 3.09. The number of rotatable bonds is 14. The maximum absolute atomic E-state index is 14.4. The normalized spacial score (nSPS) is 14.0. The second-order valence-corrected chi connectivity index (χ2v) is 12.6. The summed E-state index contributed by atoms with van der Waals surface area (Å²) in [6, 6.07) is 7.10. The van der Waals surface area contributed by atoms with Gasteiger partial charge >= 0.3 is 0 Å². The van der Waals surface area contributed by atoms with Crippen LogP contribution >= 0.6 is 0 Å². The molecule has 0 spiro atoms. The number of imide groups is 2. The van der Waals surface area contributed by atoms with Crippen LogP contribution in [0.1, 0.15) is 132 Å². The maximum Gasteiger partial charge on any atom is 0.263 e. The maximum atomic E-state index is 14.4. The smallest absolute Gasteiger partial charge is 0.263 e. The lowest BCUT2D eigenvalue weighted by Gasteiger charge is -2.34. The molecule has 0 aliphatic carbocycles. The van der Waals surface area contributed by atoms with Crippen LogP contribution in [0.3, 0.4) is 0 Å². The predicted octanol–water partition coefficient (Wildman–Crippen LogP) is 8.95. The van der Waals surface area contributed by atoms with Crippen LogP contribution in [-0.4, -0.2) is 56.5 Å². The second kappa shape index (κ2) is 13.9. The number of carbonyl (C=O) groups is 4. The van der Waals surface area contributed by atoms with Crippen LogP contribution in [0.25, 0.3) is 42.5 Å². The molecular formula is C38H38N6O4. The van der Waals surface area contributed by atoms with Crippen molar-refractivity contribution >= 4 is 67.8 Å². The monoisotopic (exact) mass is 642 g/mol. The van der Waals surface area contributed by atoms with Gasteiger partial charge in [0.25, 0.3) is 11.8 Å². The molecule has 0 atom stereocenters. The van der Waals surface area contributed by atoms with E-state index in [1.54, 1.807) is 24.3 Å². The molecule has 0 N–H and O–H groups in total. The van der Waals surface area contributed by atoms with Gasteiger partial charge in [-0.1, -0.05) is 90.2 Å². The summed E-state index contributed by atoms with van der Waals surface area (Å²) in [5.74, 6) is -2.60. The number of carbonyl (C=O) groups excluding carboxylic acids is 4. The zero-order valence-corrected chi connectivity index (χ0v) is 27.5. The van der Waals surface area contributed by atoms with E-state index in [0.717, 1.165) is 74.0 Å². The molecule has 10 heteroatoms. The van der Waals surface area contributed by atoms with Crippen molar-refractivity contribution in [3.63, 3.8) is 0 Å². The Morgan fingerprint density at radius 2 is 0.896 bits per heavy atom. The van der Waals surface area contributed by atoms with Crippen molar-refractivity contribution in [2.75, 3.05) is 13.1 Å². The van der Waals surface area contributed by atoms with Crippen molar-refractivity contribution in [1.82, 2.24) is 19.8 Å². The van der Waals surface area contributed by atoms with Gasteiger partial charge in [0.2, 0.25) is 23.2 Å². The van der Waals surface area contributed by atoms with Gasteiger partial charge in [-0.2, -0.15) is 0 Å². The number of amides is 4. The van der Waals surface area contributed by atoms with Crippen LogP contribution in [0.5, 0.6) is 0 Å². The first kappa shape index (κ1) is 32.7. The molecule has 6 rings (SSSR count). The van der Waals surface area contributed by atoms with Gasteiger partial charge in [0.1, 0.15) is 11.0 Å². The molecule has 48 heavy (non-hydrogen) atoms. The van der Waals surface area contributed by atoms with Crippen molar-refractivity contribution in [2.24, 2.45) is 0 Å². The minimum Gasteiger partial charge on any atom is -0.275 e. The largest absolute Gasteiger partial charge is 0.275 e. The van der Waals surface area contributed by atoms with Crippen LogP contribution in [0.15, 0.2) is 24.3 Å². The summed E-state index contributed by atoms with van der Waals surface area (Å²) in [6.45, 7) is 20.7. The molecule has 0 saturated carbocycles. The number of para-hydroxylation sites is 2. The topological polar surface area (TPSA) is 109 Å². The van der Waals surface area contributed by atoms with Gasteiger partial charge in [-0.25, -0.2) is 19.7 Å². The quantitative estimate of drug-likeness (QED) is 0.0588. The summed E-state index contributed by atoms with van der Waals surface area (Å²) in [5, 5.41) is 0.0937. The number of benzene rings is 3. The SMILES string of the molecule is [C-]#[N+]c1c([N+]#[C-])c2c3c(c4nc5ccccc5nc4c4c3c1C(=O)N(CCCCCCCC)C4=O)C(=O)N(CCCCCCCC)C2=O. The highest BCUT2D eigenvalue weighted by Crippen LogP contribution is 2.51. The van der Waals surface area contributed by atoms with E-state index in [2.05, 4.69) is 23.5 Å². The van der Waals surface area contributed by atoms with Crippen molar-refractivity contribution < 1.29 is 19.2 Å². The minimum atomic E-state index is -0.697. The Kier molecular flexibility index (Phi) is 9.45. The van der Waals surface area contributed by atoms with E-state index in [4.69, 9.17) is 23.1 Å². The Balaban J connectivity index is 1.59. The molecule has 10 nitrogen and oxygen atoms in total. The lowest BCUT2D eigenvalue weighted by molar-refractivity contribution is 0.0589. The number of unbranched alkanes of at least 4 members (excludes halogenated alkanes) is 10. The number of fused-ring (bicyclic) bond motifs is 4. The first-order chi connectivity index (χ1) is 23.4. The molecule has 244 valence electrons. The van der Waals surface area contributed by atoms with Gasteiger partial charge in [0.15, 0.2) is 0 Å². The Morgan fingerprint density at radius 1 is 0.542 bits per heavy atom. The third kappa shape index (κ3) is 5.35. The molecule has 3 aromatic carbocycles. The zero-order valence-electron chi connectivity index (χ0n) is 27.5. The fraction of sp³-hybridized carbons (Fsp3) is 0.421. The fourth-order valence-corrected chi connectivity index (χ4v) is 7.09. The molecule has 0 radical (unpaired) electrons. The third-order valence-corrected chi connectivity index (χ3v) is 9.52. The van der Waals surface area contributed by atoms with E-state index in [0.29, 0.717) is 23.9 Å². The van der Waals surface area contributed by atoms with Crippen molar-refractivity contribution in [3.8, 4) is 0 Å². The lowest BCUT2D eigenvalue weighted by Crippen LogP contribution is -2.44. The van der Waals surface area contributed by atoms with E-state index >= 15 is 0 Å². The molecule has 2 aliphatic rings. The highest BCUT2D eigenvalue weighted by Gasteiger charge is 2.45. The summed E-state index contributed by atoms with van der Waals surface area (Å²) in [7, 11) is 0. The molecule has 3 heterocycles. The van der Waals surface area contributed by atoms with Crippen LogP contribution in [0.4, 0.5) is 11.4 Å². The summed E-state index contributed by atoms with van der Waals surface area (Å²) in [4.78, 5) is 76.5. The number of aromatic nitrogens is 2. The summed E-state index contributed by atoms with van der Waals surface area (Å²) >= 11 is 0. The van der Waals surface area contributed by atoms with E-state index in [1.807, 2.05) is 0 Å². The summed E-state index contributed by atoms with van der Waals surface area (Å²) in [5.41, 5.74) is 0.537. The van der Waals surface area contributed by atoms with Gasteiger partial charge < -0.3 is 0 Å². The highest BCUT2D eigenvalue weighted by atomic mass is 16.2. The molecule has 0 saturated heterocycles. The third-order valence-electron chi connectivity index (χ3n) is 9.52. The standard InChI is InChI=1S/C38H38N6O4/c1-5-7-9-11-13-17-21-43-35(45)27-25-26-28(32(40-4)31(27)39-3)36(46)44(22-18-14-12-10-8-6-2)38(48)30(26)34-33(29(25)37(43)47)41-23-19-15-16-20-24(23)42-34/h15-16,19-20H,5-14,17-18,21-22H2,1-2H3. The fourth-order valence-electron chi connectivity index (χ4n) is 7.09. The summed E-state index contributed by atoms with van der Waals surface area (Å²) < 4.78 is 0. The number of hydrogen-bond donors (Lipinski definition) is 0. The molecule has 0 fully saturated rings.